The van der Waals surface area contributed by atoms with E-state index in [2.05, 4.69) is 82.3 Å². The summed E-state index contributed by atoms with van der Waals surface area (Å²) in [5, 5.41) is 9.26. The zero-order valence-corrected chi connectivity index (χ0v) is 17.5. The van der Waals surface area contributed by atoms with Gasteiger partial charge in [-0.2, -0.15) is 0 Å². The zero-order valence-electron chi connectivity index (χ0n) is 16.7. The first-order valence-electron chi connectivity index (χ1n) is 9.92. The fraction of sp³-hybridized carbons (Fsp3) is 0.500. The highest BCUT2D eigenvalue weighted by atomic mass is 32.1. The van der Waals surface area contributed by atoms with Crippen molar-refractivity contribution in [2.45, 2.75) is 31.7 Å². The molecule has 0 saturated carbocycles. The number of nitrogens with zero attached hydrogens (tertiary/aromatic N) is 2. The second-order valence-electron chi connectivity index (χ2n) is 7.49. The van der Waals surface area contributed by atoms with Crippen LogP contribution in [-0.4, -0.2) is 44.6 Å². The maximum Gasteiger partial charge on any atom is 0.191 e. The molecule has 146 valence electrons. The third-order valence-corrected chi connectivity index (χ3v) is 6.48. The summed E-state index contributed by atoms with van der Waals surface area (Å²) in [7, 11) is 4.11. The van der Waals surface area contributed by atoms with Crippen molar-refractivity contribution in [3.8, 4) is 0 Å². The molecule has 2 heterocycles. The summed E-state index contributed by atoms with van der Waals surface area (Å²) in [6.45, 7) is 5.26. The summed E-state index contributed by atoms with van der Waals surface area (Å²) in [5.74, 6) is 1.95. The van der Waals surface area contributed by atoms with Crippen molar-refractivity contribution in [3.05, 3.63) is 58.3 Å². The van der Waals surface area contributed by atoms with E-state index in [0.717, 1.165) is 19.0 Å². The summed E-state index contributed by atoms with van der Waals surface area (Å²) in [5.41, 5.74) is 1.35. The minimum atomic E-state index is 0.449. The smallest absolute Gasteiger partial charge is 0.191 e. The van der Waals surface area contributed by atoms with E-state index in [1.165, 1.54) is 29.8 Å². The number of likely N-dealkylation sites (tertiary alicyclic amines) is 1. The number of guanidine groups is 1. The first kappa shape index (κ1) is 19.9. The molecule has 3 atom stereocenters. The lowest BCUT2D eigenvalue weighted by Gasteiger charge is -2.39. The number of thiophene rings is 1. The third-order valence-electron chi connectivity index (χ3n) is 5.54. The van der Waals surface area contributed by atoms with Gasteiger partial charge in [-0.3, -0.25) is 9.89 Å². The highest BCUT2D eigenvalue weighted by molar-refractivity contribution is 7.10. The molecule has 2 aromatic rings. The quantitative estimate of drug-likeness (QED) is 0.582. The molecular formula is C22H32N4S. The van der Waals surface area contributed by atoms with Crippen molar-refractivity contribution in [2.24, 2.45) is 10.9 Å². The fourth-order valence-corrected chi connectivity index (χ4v) is 4.96. The number of nitrogens with one attached hydrogen (secondary N) is 2. The first-order valence-corrected chi connectivity index (χ1v) is 10.8. The molecule has 5 heteroatoms. The number of hydrogen-bond donors (Lipinski definition) is 2. The molecular weight excluding hydrogens is 352 g/mol. The van der Waals surface area contributed by atoms with Gasteiger partial charge in [-0.25, -0.2) is 0 Å². The Morgan fingerprint density at radius 3 is 2.74 bits per heavy atom. The van der Waals surface area contributed by atoms with Crippen LogP contribution in [0.25, 0.3) is 0 Å². The van der Waals surface area contributed by atoms with Crippen molar-refractivity contribution in [1.29, 1.82) is 0 Å². The molecule has 0 bridgehead atoms. The van der Waals surface area contributed by atoms with Gasteiger partial charge < -0.3 is 10.6 Å². The van der Waals surface area contributed by atoms with Crippen LogP contribution in [0.5, 0.6) is 0 Å². The lowest BCUT2D eigenvalue weighted by molar-refractivity contribution is 0.125. The fourth-order valence-electron chi connectivity index (χ4n) is 3.98. The average molecular weight is 385 g/mol. The minimum absolute atomic E-state index is 0.449. The highest BCUT2D eigenvalue weighted by Crippen LogP contribution is 2.36. The monoisotopic (exact) mass is 384 g/mol. The van der Waals surface area contributed by atoms with Crippen molar-refractivity contribution in [2.75, 3.05) is 33.7 Å². The molecule has 2 N–H and O–H groups in total. The summed E-state index contributed by atoms with van der Waals surface area (Å²) < 4.78 is 0. The van der Waals surface area contributed by atoms with Crippen molar-refractivity contribution in [3.63, 3.8) is 0 Å². The normalized spacial score (nSPS) is 22.4. The Bertz CT molecular complexity index is 698. The lowest BCUT2D eigenvalue weighted by atomic mass is 9.88. The van der Waals surface area contributed by atoms with Crippen LogP contribution in [0.1, 0.15) is 42.2 Å². The van der Waals surface area contributed by atoms with Gasteiger partial charge in [-0.05, 0) is 55.3 Å². The number of rotatable bonds is 6. The molecule has 1 saturated heterocycles. The van der Waals surface area contributed by atoms with Gasteiger partial charge >= 0.3 is 0 Å². The number of benzene rings is 1. The molecule has 1 aliphatic rings. The van der Waals surface area contributed by atoms with Gasteiger partial charge in [-0.15, -0.1) is 11.3 Å². The van der Waals surface area contributed by atoms with Gasteiger partial charge in [-0.1, -0.05) is 43.3 Å². The second kappa shape index (κ2) is 9.90. The van der Waals surface area contributed by atoms with Crippen LogP contribution in [0.3, 0.4) is 0 Å². The third kappa shape index (κ3) is 5.33. The Morgan fingerprint density at radius 2 is 2.04 bits per heavy atom. The van der Waals surface area contributed by atoms with Crippen LogP contribution in [0.2, 0.25) is 0 Å². The molecule has 1 aliphatic heterocycles. The van der Waals surface area contributed by atoms with E-state index in [4.69, 9.17) is 0 Å². The van der Waals surface area contributed by atoms with E-state index in [9.17, 15) is 0 Å². The summed E-state index contributed by atoms with van der Waals surface area (Å²) in [6.07, 6.45) is 2.53. The molecule has 1 aromatic carbocycles. The predicted octanol–water partition coefficient (Wildman–Crippen LogP) is 4.10. The van der Waals surface area contributed by atoms with Crippen LogP contribution in [0.15, 0.2) is 52.8 Å². The summed E-state index contributed by atoms with van der Waals surface area (Å²) >= 11 is 1.87. The van der Waals surface area contributed by atoms with Gasteiger partial charge in [0.25, 0.3) is 0 Å². The molecule has 4 nitrogen and oxygen atoms in total. The molecule has 0 radical (unpaired) electrons. The van der Waals surface area contributed by atoms with E-state index < -0.39 is 0 Å². The SMILES string of the molecule is CN=C(NCC(C)c1ccccc1)NCC1CCCN(C)C1c1cccs1. The highest BCUT2D eigenvalue weighted by Gasteiger charge is 2.31. The van der Waals surface area contributed by atoms with E-state index in [-0.39, 0.29) is 0 Å². The van der Waals surface area contributed by atoms with Crippen molar-refractivity contribution in [1.82, 2.24) is 15.5 Å². The van der Waals surface area contributed by atoms with Crippen LogP contribution in [-0.2, 0) is 0 Å². The van der Waals surface area contributed by atoms with Crippen molar-refractivity contribution < 1.29 is 0 Å². The molecule has 1 fully saturated rings. The average Bonchev–Trinajstić information content (AvgIpc) is 3.23. The number of piperidine rings is 1. The predicted molar refractivity (Wildman–Crippen MR) is 117 cm³/mol. The van der Waals surface area contributed by atoms with Gasteiger partial charge in [0, 0.05) is 31.1 Å². The van der Waals surface area contributed by atoms with E-state index >= 15 is 0 Å². The zero-order chi connectivity index (χ0) is 19.1. The Labute approximate surface area is 167 Å². The van der Waals surface area contributed by atoms with Crippen LogP contribution >= 0.6 is 11.3 Å². The Hall–Kier alpha value is -1.85. The van der Waals surface area contributed by atoms with Gasteiger partial charge in [0.15, 0.2) is 5.96 Å². The standard InChI is InChI=1S/C22H32N4S/c1-17(18-9-5-4-6-10-18)15-24-22(23-2)25-16-19-11-7-13-26(3)21(19)20-12-8-14-27-20/h4-6,8-10,12,14,17,19,21H,7,11,13,15-16H2,1-3H3,(H2,23,24,25). The van der Waals surface area contributed by atoms with Crippen LogP contribution < -0.4 is 10.6 Å². The molecule has 0 amide bonds. The summed E-state index contributed by atoms with van der Waals surface area (Å²) in [4.78, 5) is 8.41. The minimum Gasteiger partial charge on any atom is -0.356 e. The first-order chi connectivity index (χ1) is 13.2. The van der Waals surface area contributed by atoms with Gasteiger partial charge in [0.2, 0.25) is 0 Å². The maximum atomic E-state index is 4.43. The maximum absolute atomic E-state index is 4.43. The second-order valence-corrected chi connectivity index (χ2v) is 8.47. The molecule has 0 aliphatic carbocycles. The molecule has 3 rings (SSSR count). The molecule has 3 unspecified atom stereocenters. The van der Waals surface area contributed by atoms with E-state index in [1.54, 1.807) is 0 Å². The van der Waals surface area contributed by atoms with Crippen LogP contribution in [0.4, 0.5) is 0 Å². The molecule has 1 aromatic heterocycles. The lowest BCUT2D eigenvalue weighted by Crippen LogP contribution is -2.45. The molecule has 27 heavy (non-hydrogen) atoms. The van der Waals surface area contributed by atoms with E-state index in [0.29, 0.717) is 17.9 Å². The molecule has 0 spiro atoms. The number of aliphatic imine (C=N–C) groups is 1. The summed E-state index contributed by atoms with van der Waals surface area (Å²) in [6, 6.07) is 15.6. The Kier molecular flexibility index (Phi) is 7.30. The van der Waals surface area contributed by atoms with Crippen LogP contribution in [0, 0.1) is 5.92 Å². The van der Waals surface area contributed by atoms with Gasteiger partial charge in [0.1, 0.15) is 0 Å². The number of hydrogen-bond acceptors (Lipinski definition) is 3. The largest absolute Gasteiger partial charge is 0.356 e. The topological polar surface area (TPSA) is 39.7 Å². The van der Waals surface area contributed by atoms with E-state index in [1.807, 2.05) is 18.4 Å². The Balaban J connectivity index is 1.53. The van der Waals surface area contributed by atoms with Gasteiger partial charge in [0.05, 0.1) is 0 Å². The Morgan fingerprint density at radius 1 is 1.22 bits per heavy atom. The van der Waals surface area contributed by atoms with Crippen molar-refractivity contribution >= 4 is 17.3 Å².